The Morgan fingerprint density at radius 1 is 1.04 bits per heavy atom. The summed E-state index contributed by atoms with van der Waals surface area (Å²) < 4.78 is 90.4. The molecule has 0 atom stereocenters. The number of alkyl halides is 3. The van der Waals surface area contributed by atoms with Gasteiger partial charge in [0.25, 0.3) is 0 Å². The number of benzene rings is 2. The fourth-order valence-corrected chi connectivity index (χ4v) is 2.93. The Morgan fingerprint density at radius 2 is 1.67 bits per heavy atom. The molecule has 4 nitrogen and oxygen atoms in total. The number of primary sulfonamides is 1. The Balaban J connectivity index is 3.01. The van der Waals surface area contributed by atoms with Gasteiger partial charge in [0.05, 0.1) is 16.0 Å². The molecular formula is C14H8F5NO3S. The van der Waals surface area contributed by atoms with Crippen LogP contribution in [0.3, 0.4) is 0 Å². The van der Waals surface area contributed by atoms with Gasteiger partial charge in [0.1, 0.15) is 11.6 Å². The largest absolute Gasteiger partial charge is 0.417 e. The van der Waals surface area contributed by atoms with Gasteiger partial charge < -0.3 is 0 Å². The van der Waals surface area contributed by atoms with Crippen LogP contribution in [0.25, 0.3) is 11.1 Å². The zero-order valence-corrected chi connectivity index (χ0v) is 12.4. The van der Waals surface area contributed by atoms with Gasteiger partial charge in [-0.1, -0.05) is 6.07 Å². The molecule has 0 amide bonds. The lowest BCUT2D eigenvalue weighted by Gasteiger charge is -2.17. The van der Waals surface area contributed by atoms with Gasteiger partial charge in [-0.25, -0.2) is 22.3 Å². The highest BCUT2D eigenvalue weighted by molar-refractivity contribution is 7.89. The quantitative estimate of drug-likeness (QED) is 0.671. The average Bonchev–Trinajstić information content (AvgIpc) is 2.45. The molecule has 0 radical (unpaired) electrons. The highest BCUT2D eigenvalue weighted by Crippen LogP contribution is 2.41. The second-order valence-corrected chi connectivity index (χ2v) is 6.19. The predicted molar refractivity (Wildman–Crippen MR) is 73.6 cm³/mol. The first kappa shape index (κ1) is 18.0. The zero-order valence-electron chi connectivity index (χ0n) is 11.6. The average molecular weight is 365 g/mol. The summed E-state index contributed by atoms with van der Waals surface area (Å²) in [6.07, 6.45) is -5.26. The number of aldehydes is 1. The van der Waals surface area contributed by atoms with Crippen molar-refractivity contribution in [2.24, 2.45) is 5.14 Å². The molecule has 0 aliphatic heterocycles. The van der Waals surface area contributed by atoms with E-state index in [9.17, 15) is 35.2 Å². The van der Waals surface area contributed by atoms with Crippen LogP contribution in [-0.4, -0.2) is 14.7 Å². The van der Waals surface area contributed by atoms with Crippen LogP contribution in [0.4, 0.5) is 22.0 Å². The number of carbonyl (C=O) groups is 1. The van der Waals surface area contributed by atoms with Crippen molar-refractivity contribution in [3.05, 3.63) is 53.1 Å². The highest BCUT2D eigenvalue weighted by atomic mass is 32.2. The summed E-state index contributed by atoms with van der Waals surface area (Å²) in [6.45, 7) is 0. The summed E-state index contributed by atoms with van der Waals surface area (Å²) in [4.78, 5) is 9.75. The van der Waals surface area contributed by atoms with Crippen LogP contribution >= 0.6 is 0 Å². The van der Waals surface area contributed by atoms with Gasteiger partial charge in [-0.05, 0) is 24.3 Å². The fourth-order valence-electron chi connectivity index (χ4n) is 2.15. The number of rotatable bonds is 3. The van der Waals surface area contributed by atoms with Crippen LogP contribution in [-0.2, 0) is 16.2 Å². The van der Waals surface area contributed by atoms with E-state index in [-0.39, 0.29) is 6.29 Å². The third-order valence-corrected chi connectivity index (χ3v) is 4.11. The summed E-state index contributed by atoms with van der Waals surface area (Å²) in [5, 5.41) is 4.90. The smallest absolute Gasteiger partial charge is 0.298 e. The van der Waals surface area contributed by atoms with Crippen molar-refractivity contribution in [1.82, 2.24) is 0 Å². The van der Waals surface area contributed by atoms with Gasteiger partial charge in [0.2, 0.25) is 10.0 Å². The molecule has 0 saturated carbocycles. The maximum Gasteiger partial charge on any atom is 0.417 e. The normalized spacial score (nSPS) is 12.2. The van der Waals surface area contributed by atoms with Crippen LogP contribution in [0.1, 0.15) is 15.9 Å². The molecule has 2 rings (SSSR count). The molecule has 128 valence electrons. The van der Waals surface area contributed by atoms with Crippen molar-refractivity contribution < 1.29 is 35.2 Å². The number of hydrogen-bond donors (Lipinski definition) is 1. The van der Waals surface area contributed by atoms with E-state index in [0.717, 1.165) is 12.1 Å². The van der Waals surface area contributed by atoms with Crippen LogP contribution in [0.15, 0.2) is 35.2 Å². The van der Waals surface area contributed by atoms with Crippen molar-refractivity contribution in [3.8, 4) is 11.1 Å². The van der Waals surface area contributed by atoms with Crippen LogP contribution < -0.4 is 5.14 Å². The van der Waals surface area contributed by atoms with Gasteiger partial charge in [-0.2, -0.15) is 13.2 Å². The Kier molecular flexibility index (Phi) is 4.46. The maximum atomic E-state index is 14.3. The molecule has 0 bridgehead atoms. The first-order chi connectivity index (χ1) is 11.0. The molecule has 2 aromatic rings. The van der Waals surface area contributed by atoms with Gasteiger partial charge in [0, 0.05) is 11.1 Å². The fraction of sp³-hybridized carbons (Fsp3) is 0.0714. The minimum Gasteiger partial charge on any atom is -0.298 e. The second kappa shape index (κ2) is 5.95. The van der Waals surface area contributed by atoms with E-state index in [0.29, 0.717) is 18.2 Å². The summed E-state index contributed by atoms with van der Waals surface area (Å²) in [5.41, 5.74) is -4.61. The summed E-state index contributed by atoms with van der Waals surface area (Å²) >= 11 is 0. The van der Waals surface area contributed by atoms with E-state index < -0.39 is 55.0 Å². The third kappa shape index (κ3) is 3.15. The van der Waals surface area contributed by atoms with Crippen LogP contribution in [0.5, 0.6) is 0 Å². The standard InChI is InChI=1S/C14H8F5NO3S/c15-10-5-4-7(13(16)8(10)6-21)12-9(14(17,18)19)2-1-3-11(12)24(20,22)23/h1-6H,(H2,20,22,23). The third-order valence-electron chi connectivity index (χ3n) is 3.15. The van der Waals surface area contributed by atoms with Crippen LogP contribution in [0.2, 0.25) is 0 Å². The Bertz CT molecular complexity index is 923. The molecule has 0 aromatic heterocycles. The molecule has 2 aromatic carbocycles. The van der Waals surface area contributed by atoms with E-state index in [1.165, 1.54) is 0 Å². The van der Waals surface area contributed by atoms with E-state index >= 15 is 0 Å². The van der Waals surface area contributed by atoms with Gasteiger partial charge in [0.15, 0.2) is 6.29 Å². The first-order valence-corrected chi connectivity index (χ1v) is 7.69. The lowest BCUT2D eigenvalue weighted by atomic mass is 9.96. The van der Waals surface area contributed by atoms with E-state index in [1.807, 2.05) is 0 Å². The van der Waals surface area contributed by atoms with Crippen molar-refractivity contribution in [2.75, 3.05) is 0 Å². The number of halogens is 5. The first-order valence-electron chi connectivity index (χ1n) is 6.15. The molecule has 0 fully saturated rings. The van der Waals surface area contributed by atoms with Gasteiger partial charge in [-0.15, -0.1) is 0 Å². The van der Waals surface area contributed by atoms with E-state index in [2.05, 4.69) is 0 Å². The zero-order chi connectivity index (χ0) is 18.3. The van der Waals surface area contributed by atoms with Crippen molar-refractivity contribution in [3.63, 3.8) is 0 Å². The topological polar surface area (TPSA) is 77.2 Å². The second-order valence-electron chi connectivity index (χ2n) is 4.66. The number of sulfonamides is 1. The Morgan fingerprint density at radius 3 is 2.17 bits per heavy atom. The minimum atomic E-state index is -5.04. The molecule has 0 heterocycles. The number of hydrogen-bond acceptors (Lipinski definition) is 3. The molecule has 0 aliphatic rings. The Labute approximate surface area is 132 Å². The SMILES string of the molecule is NS(=O)(=O)c1cccc(C(F)(F)F)c1-c1ccc(F)c(C=O)c1F. The predicted octanol–water partition coefficient (Wildman–Crippen LogP) is 3.11. The Hall–Kier alpha value is -2.33. The molecule has 0 aliphatic carbocycles. The molecule has 10 heteroatoms. The van der Waals surface area contributed by atoms with Crippen molar-refractivity contribution in [2.45, 2.75) is 11.1 Å². The van der Waals surface area contributed by atoms with Gasteiger partial charge >= 0.3 is 6.18 Å². The van der Waals surface area contributed by atoms with Crippen molar-refractivity contribution in [1.29, 1.82) is 0 Å². The van der Waals surface area contributed by atoms with E-state index in [4.69, 9.17) is 5.14 Å². The molecule has 2 N–H and O–H groups in total. The maximum absolute atomic E-state index is 14.3. The van der Waals surface area contributed by atoms with Crippen LogP contribution in [0, 0.1) is 11.6 Å². The lowest BCUT2D eigenvalue weighted by Crippen LogP contribution is -2.17. The molecule has 0 saturated heterocycles. The highest BCUT2D eigenvalue weighted by Gasteiger charge is 2.37. The summed E-state index contributed by atoms with van der Waals surface area (Å²) in [5.74, 6) is -2.92. The molecule has 0 spiro atoms. The lowest BCUT2D eigenvalue weighted by molar-refractivity contribution is -0.137. The molecule has 24 heavy (non-hydrogen) atoms. The minimum absolute atomic E-state index is 0.221. The van der Waals surface area contributed by atoms with E-state index in [1.54, 1.807) is 0 Å². The molecular weight excluding hydrogens is 357 g/mol. The molecule has 0 unspecified atom stereocenters. The summed E-state index contributed by atoms with van der Waals surface area (Å²) in [6, 6.07) is 3.23. The van der Waals surface area contributed by atoms with Crippen molar-refractivity contribution >= 4 is 16.3 Å². The number of nitrogens with two attached hydrogens (primary N) is 1. The summed E-state index contributed by atoms with van der Waals surface area (Å²) in [7, 11) is -4.66. The number of carbonyl (C=O) groups excluding carboxylic acids is 1. The monoisotopic (exact) mass is 365 g/mol. The van der Waals surface area contributed by atoms with Gasteiger partial charge in [-0.3, -0.25) is 4.79 Å².